The lowest BCUT2D eigenvalue weighted by atomic mass is 9.78. The standard InChI is InChI=1S/C42H42N6O7/c1-41(2,25-3-8-29(9-4-25)54-20-35-43-16-15-36(45-35)47-21-42(22-47)23-53-24-42)26-5-10-30(11-6-26)55-31-17-28(18-31)44-27-7-12-32-33(19-27)40(52)48(39(32)51)34-13-14-37(49)46-38(34)50/h3-12,15-16,19,28,31,34,44H,13-14,17-18,20-24H2,1-2H3,(H,46,49,50). The van der Waals surface area contributed by atoms with Gasteiger partial charge in [0, 0.05) is 55.7 Å². The molecule has 1 spiro atoms. The zero-order valence-electron chi connectivity index (χ0n) is 30.7. The van der Waals surface area contributed by atoms with Crippen molar-refractivity contribution in [1.82, 2.24) is 20.2 Å². The number of piperidine rings is 1. The van der Waals surface area contributed by atoms with Gasteiger partial charge in [0.25, 0.3) is 11.8 Å². The van der Waals surface area contributed by atoms with E-state index >= 15 is 0 Å². The Morgan fingerprint density at radius 3 is 2.25 bits per heavy atom. The van der Waals surface area contributed by atoms with Crippen LogP contribution in [0.1, 0.15) is 77.2 Å². The molecule has 5 heterocycles. The number of amides is 4. The van der Waals surface area contributed by atoms with Gasteiger partial charge in [-0.25, -0.2) is 9.97 Å². The molecular weight excluding hydrogens is 700 g/mol. The maximum Gasteiger partial charge on any atom is 0.262 e. The Kier molecular flexibility index (Phi) is 8.56. The van der Waals surface area contributed by atoms with Gasteiger partial charge in [-0.1, -0.05) is 38.1 Å². The van der Waals surface area contributed by atoms with Crippen LogP contribution in [-0.2, 0) is 26.3 Å². The molecule has 1 saturated carbocycles. The summed E-state index contributed by atoms with van der Waals surface area (Å²) in [5, 5.41) is 5.67. The molecule has 55 heavy (non-hydrogen) atoms. The molecule has 282 valence electrons. The molecule has 1 aliphatic carbocycles. The first kappa shape index (κ1) is 34.9. The normalized spacial score (nSPS) is 22.7. The highest BCUT2D eigenvalue weighted by Gasteiger charge is 2.49. The number of benzene rings is 3. The van der Waals surface area contributed by atoms with Crippen molar-refractivity contribution < 1.29 is 33.4 Å². The van der Waals surface area contributed by atoms with Crippen LogP contribution in [0.5, 0.6) is 11.5 Å². The van der Waals surface area contributed by atoms with Gasteiger partial charge in [0.15, 0.2) is 5.82 Å². The average molecular weight is 743 g/mol. The highest BCUT2D eigenvalue weighted by Crippen LogP contribution is 2.40. The smallest absolute Gasteiger partial charge is 0.262 e. The van der Waals surface area contributed by atoms with E-state index in [0.717, 1.165) is 78.2 Å². The zero-order valence-corrected chi connectivity index (χ0v) is 30.7. The third-order valence-electron chi connectivity index (χ3n) is 11.6. The van der Waals surface area contributed by atoms with Gasteiger partial charge >= 0.3 is 0 Å². The summed E-state index contributed by atoms with van der Waals surface area (Å²) in [6, 6.07) is 22.6. The molecule has 4 amide bonds. The maximum atomic E-state index is 13.2. The van der Waals surface area contributed by atoms with E-state index in [0.29, 0.717) is 17.8 Å². The summed E-state index contributed by atoms with van der Waals surface area (Å²) in [5.41, 5.74) is 3.63. The minimum absolute atomic E-state index is 0.0442. The van der Waals surface area contributed by atoms with E-state index < -0.39 is 29.7 Å². The number of ether oxygens (including phenoxy) is 3. The number of anilines is 2. The van der Waals surface area contributed by atoms with Crippen LogP contribution in [0.25, 0.3) is 0 Å². The van der Waals surface area contributed by atoms with Gasteiger partial charge in [-0.05, 0) is 66.1 Å². The van der Waals surface area contributed by atoms with Crippen molar-refractivity contribution in [2.45, 2.75) is 69.7 Å². The van der Waals surface area contributed by atoms with Gasteiger partial charge < -0.3 is 24.4 Å². The quantitative estimate of drug-likeness (QED) is 0.207. The first-order chi connectivity index (χ1) is 26.5. The summed E-state index contributed by atoms with van der Waals surface area (Å²) >= 11 is 0. The van der Waals surface area contributed by atoms with E-state index in [2.05, 4.69) is 58.6 Å². The molecule has 13 heteroatoms. The van der Waals surface area contributed by atoms with Crippen LogP contribution >= 0.6 is 0 Å². The lowest BCUT2D eigenvalue weighted by Gasteiger charge is -2.55. The van der Waals surface area contributed by atoms with Crippen LogP contribution in [0, 0.1) is 5.41 Å². The van der Waals surface area contributed by atoms with Crippen molar-refractivity contribution in [2.75, 3.05) is 36.5 Å². The van der Waals surface area contributed by atoms with Crippen LogP contribution in [0.3, 0.4) is 0 Å². The van der Waals surface area contributed by atoms with Gasteiger partial charge in [-0.3, -0.25) is 29.4 Å². The molecule has 13 nitrogen and oxygen atoms in total. The fourth-order valence-electron chi connectivity index (χ4n) is 8.13. The van der Waals surface area contributed by atoms with Crippen LogP contribution in [0.4, 0.5) is 11.5 Å². The molecule has 4 fully saturated rings. The Morgan fingerprint density at radius 1 is 0.891 bits per heavy atom. The number of rotatable bonds is 11. The minimum Gasteiger partial charge on any atom is -0.490 e. The predicted molar refractivity (Wildman–Crippen MR) is 201 cm³/mol. The number of hydrogen-bond donors (Lipinski definition) is 2. The summed E-state index contributed by atoms with van der Waals surface area (Å²) in [7, 11) is 0. The highest BCUT2D eigenvalue weighted by atomic mass is 16.5. The summed E-state index contributed by atoms with van der Waals surface area (Å²) in [4.78, 5) is 62.5. The van der Waals surface area contributed by atoms with Crippen LogP contribution in [0.15, 0.2) is 79.0 Å². The van der Waals surface area contributed by atoms with Crippen molar-refractivity contribution in [2.24, 2.45) is 5.41 Å². The Hall–Kier alpha value is -5.82. The summed E-state index contributed by atoms with van der Waals surface area (Å²) < 4.78 is 17.7. The monoisotopic (exact) mass is 742 g/mol. The van der Waals surface area contributed by atoms with Crippen molar-refractivity contribution in [3.8, 4) is 11.5 Å². The predicted octanol–water partition coefficient (Wildman–Crippen LogP) is 4.64. The molecule has 3 saturated heterocycles. The third-order valence-corrected chi connectivity index (χ3v) is 11.6. The molecular formula is C42H42N6O7. The molecule has 1 unspecified atom stereocenters. The molecule has 1 atom stereocenters. The van der Waals surface area contributed by atoms with Crippen molar-refractivity contribution in [3.05, 3.63) is 107 Å². The minimum atomic E-state index is -0.986. The molecule has 1 aromatic heterocycles. The van der Waals surface area contributed by atoms with Crippen LogP contribution in [-0.4, -0.2) is 83.0 Å². The Bertz CT molecular complexity index is 2170. The maximum absolute atomic E-state index is 13.2. The van der Waals surface area contributed by atoms with E-state index in [1.165, 1.54) is 0 Å². The molecule has 9 rings (SSSR count). The topological polar surface area (TPSA) is 152 Å². The number of nitrogens with zero attached hydrogens (tertiary/aromatic N) is 4. The Labute approximate surface area is 318 Å². The van der Waals surface area contributed by atoms with E-state index in [1.54, 1.807) is 24.4 Å². The van der Waals surface area contributed by atoms with Crippen LogP contribution in [0.2, 0.25) is 0 Å². The molecule has 2 N–H and O–H groups in total. The SMILES string of the molecule is CC(C)(c1ccc(OCc2nccc(N3CC4(COC4)C3)n2)cc1)c1ccc(OC2CC(Nc3ccc4c(c3)C(=O)N(C3CCC(=O)NC3=O)C4=O)C2)cc1. The highest BCUT2D eigenvalue weighted by molar-refractivity contribution is 6.23. The first-order valence-corrected chi connectivity index (χ1v) is 18.8. The Morgan fingerprint density at radius 2 is 1.58 bits per heavy atom. The van der Waals surface area contributed by atoms with Crippen LogP contribution < -0.4 is 25.0 Å². The Balaban J connectivity index is 0.749. The third kappa shape index (κ3) is 6.56. The second-order valence-corrected chi connectivity index (χ2v) is 15.9. The van der Waals surface area contributed by atoms with Crippen molar-refractivity contribution >= 4 is 35.1 Å². The molecule has 5 aliphatic rings. The van der Waals surface area contributed by atoms with E-state index in [4.69, 9.17) is 19.2 Å². The zero-order chi connectivity index (χ0) is 37.9. The van der Waals surface area contributed by atoms with Gasteiger partial charge in [0.05, 0.1) is 29.8 Å². The molecule has 4 aromatic rings. The number of fused-ring (bicyclic) bond motifs is 1. The lowest BCUT2D eigenvalue weighted by Crippen LogP contribution is -2.66. The fourth-order valence-corrected chi connectivity index (χ4v) is 8.13. The number of carbonyl (C=O) groups excluding carboxylic acids is 4. The second-order valence-electron chi connectivity index (χ2n) is 15.9. The summed E-state index contributed by atoms with van der Waals surface area (Å²) in [6.45, 7) is 8.33. The first-order valence-electron chi connectivity index (χ1n) is 18.8. The fraction of sp³-hybridized carbons (Fsp3) is 0.381. The van der Waals surface area contributed by atoms with Crippen molar-refractivity contribution in [1.29, 1.82) is 0 Å². The van der Waals surface area contributed by atoms with E-state index in [9.17, 15) is 19.2 Å². The molecule has 0 bridgehead atoms. The van der Waals surface area contributed by atoms with Gasteiger partial charge in [0.1, 0.15) is 36.1 Å². The average Bonchev–Trinajstić information content (AvgIpc) is 3.37. The number of aromatic nitrogens is 2. The van der Waals surface area contributed by atoms with Gasteiger partial charge in [-0.2, -0.15) is 0 Å². The molecule has 0 radical (unpaired) electrons. The van der Waals surface area contributed by atoms with E-state index in [-0.39, 0.29) is 41.5 Å². The lowest BCUT2D eigenvalue weighted by molar-refractivity contribution is -0.136. The number of imide groups is 2. The second kappa shape index (κ2) is 13.5. The summed E-state index contributed by atoms with van der Waals surface area (Å²) in [6.07, 6.45) is 3.60. The van der Waals surface area contributed by atoms with E-state index in [1.807, 2.05) is 30.3 Å². The molecule has 4 aliphatic heterocycles. The largest absolute Gasteiger partial charge is 0.490 e. The number of hydrogen-bond acceptors (Lipinski definition) is 11. The van der Waals surface area contributed by atoms with Gasteiger partial charge in [-0.15, -0.1) is 0 Å². The molecule has 3 aromatic carbocycles. The van der Waals surface area contributed by atoms with Crippen molar-refractivity contribution in [3.63, 3.8) is 0 Å². The number of nitrogens with one attached hydrogen (secondary N) is 2. The number of carbonyl (C=O) groups is 4. The summed E-state index contributed by atoms with van der Waals surface area (Å²) in [5.74, 6) is 1.10. The van der Waals surface area contributed by atoms with Gasteiger partial charge in [0.2, 0.25) is 11.8 Å².